The zero-order chi connectivity index (χ0) is 14.4. The number of rotatable bonds is 4. The first kappa shape index (κ1) is 13.8. The van der Waals surface area contributed by atoms with Crippen molar-refractivity contribution in [2.75, 3.05) is 12.4 Å². The first-order valence-corrected chi connectivity index (χ1v) is 6.24. The molecular weight excluding hydrogens is 252 g/mol. The fourth-order valence-corrected chi connectivity index (χ4v) is 1.66. The molecule has 1 amide bonds. The molecule has 1 N–H and O–H groups in total. The van der Waals surface area contributed by atoms with Crippen molar-refractivity contribution < 1.29 is 9.53 Å². The van der Waals surface area contributed by atoms with E-state index in [1.54, 1.807) is 19.4 Å². The lowest BCUT2D eigenvalue weighted by Crippen LogP contribution is -2.10. The Morgan fingerprint density at radius 3 is 2.65 bits per heavy atom. The highest BCUT2D eigenvalue weighted by Crippen LogP contribution is 2.13. The highest BCUT2D eigenvalue weighted by molar-refractivity contribution is 6.01. The summed E-state index contributed by atoms with van der Waals surface area (Å²) >= 11 is 0. The first-order valence-electron chi connectivity index (χ1n) is 6.24. The van der Waals surface area contributed by atoms with E-state index >= 15 is 0 Å². The van der Waals surface area contributed by atoms with Gasteiger partial charge in [-0.1, -0.05) is 18.2 Å². The van der Waals surface area contributed by atoms with Gasteiger partial charge >= 0.3 is 0 Å². The normalized spacial score (nSPS) is 10.5. The molecule has 1 heterocycles. The van der Waals surface area contributed by atoms with Gasteiger partial charge in [0.1, 0.15) is 11.6 Å². The summed E-state index contributed by atoms with van der Waals surface area (Å²) in [5.41, 5.74) is 1.86. The van der Waals surface area contributed by atoms with Crippen LogP contribution in [0.25, 0.3) is 6.08 Å². The Kier molecular flexibility index (Phi) is 4.50. The molecule has 0 fully saturated rings. The first-order chi connectivity index (χ1) is 9.69. The quantitative estimate of drug-likeness (QED) is 0.867. The lowest BCUT2D eigenvalue weighted by atomic mass is 10.2. The van der Waals surface area contributed by atoms with Crippen molar-refractivity contribution in [3.63, 3.8) is 0 Å². The minimum absolute atomic E-state index is 0.206. The van der Waals surface area contributed by atoms with Gasteiger partial charge in [-0.25, -0.2) is 4.98 Å². The number of methoxy groups -OCH3 is 1. The molecule has 0 bridgehead atoms. The van der Waals surface area contributed by atoms with Gasteiger partial charge < -0.3 is 10.1 Å². The van der Waals surface area contributed by atoms with E-state index in [1.807, 2.05) is 43.3 Å². The third-order valence-corrected chi connectivity index (χ3v) is 2.79. The summed E-state index contributed by atoms with van der Waals surface area (Å²) in [4.78, 5) is 15.9. The van der Waals surface area contributed by atoms with Crippen molar-refractivity contribution >= 4 is 17.8 Å². The molecule has 4 heteroatoms. The standard InChI is InChI=1S/C16H16N2O2/c1-12-4-3-11-17-16(12)18-15(19)10-7-13-5-8-14(20-2)9-6-13/h3-11H,1-2H3,(H,17,18,19)/b10-7+. The summed E-state index contributed by atoms with van der Waals surface area (Å²) in [5.74, 6) is 1.16. The Bertz CT molecular complexity index is 619. The van der Waals surface area contributed by atoms with Crippen LogP contribution in [-0.4, -0.2) is 18.0 Å². The van der Waals surface area contributed by atoms with E-state index in [1.165, 1.54) is 6.08 Å². The molecule has 4 nitrogen and oxygen atoms in total. The second-order valence-corrected chi connectivity index (χ2v) is 4.26. The van der Waals surface area contributed by atoms with Crippen molar-refractivity contribution in [1.82, 2.24) is 4.98 Å². The average Bonchev–Trinajstić information content (AvgIpc) is 2.48. The molecule has 0 saturated carbocycles. The number of amides is 1. The number of carbonyl (C=O) groups is 1. The number of aromatic nitrogens is 1. The van der Waals surface area contributed by atoms with Gasteiger partial charge in [-0.2, -0.15) is 0 Å². The van der Waals surface area contributed by atoms with Gasteiger partial charge in [0.2, 0.25) is 5.91 Å². The number of benzene rings is 1. The number of anilines is 1. The largest absolute Gasteiger partial charge is 0.497 e. The Balaban J connectivity index is 2.00. The summed E-state index contributed by atoms with van der Waals surface area (Å²) in [5, 5.41) is 2.74. The van der Waals surface area contributed by atoms with Crippen molar-refractivity contribution in [3.05, 3.63) is 59.8 Å². The number of pyridine rings is 1. The number of ether oxygens (including phenoxy) is 1. The molecule has 0 atom stereocenters. The number of carbonyl (C=O) groups excluding carboxylic acids is 1. The molecular formula is C16H16N2O2. The SMILES string of the molecule is COc1ccc(/C=C/C(=O)Nc2ncccc2C)cc1. The van der Waals surface area contributed by atoms with Crippen LogP contribution in [0.5, 0.6) is 5.75 Å². The van der Waals surface area contributed by atoms with Gasteiger partial charge in [0, 0.05) is 12.3 Å². The molecule has 2 aromatic rings. The smallest absolute Gasteiger partial charge is 0.249 e. The highest BCUT2D eigenvalue weighted by Gasteiger charge is 2.01. The van der Waals surface area contributed by atoms with Crippen molar-refractivity contribution in [2.24, 2.45) is 0 Å². The third-order valence-electron chi connectivity index (χ3n) is 2.79. The van der Waals surface area contributed by atoms with E-state index in [9.17, 15) is 4.79 Å². The molecule has 0 spiro atoms. The van der Waals surface area contributed by atoms with E-state index in [4.69, 9.17) is 4.74 Å². The molecule has 0 aliphatic heterocycles. The number of nitrogens with one attached hydrogen (secondary N) is 1. The van der Waals surface area contributed by atoms with Crippen LogP contribution in [-0.2, 0) is 4.79 Å². The minimum Gasteiger partial charge on any atom is -0.497 e. The molecule has 0 aliphatic rings. The van der Waals surface area contributed by atoms with Crippen molar-refractivity contribution in [3.8, 4) is 5.75 Å². The molecule has 0 unspecified atom stereocenters. The molecule has 102 valence electrons. The predicted octanol–water partition coefficient (Wildman–Crippen LogP) is 3.05. The summed E-state index contributed by atoms with van der Waals surface area (Å²) in [7, 11) is 1.62. The summed E-state index contributed by atoms with van der Waals surface area (Å²) in [6.45, 7) is 1.90. The molecule has 1 aromatic heterocycles. The number of aryl methyl sites for hydroxylation is 1. The Morgan fingerprint density at radius 2 is 2.00 bits per heavy atom. The number of hydrogen-bond acceptors (Lipinski definition) is 3. The van der Waals surface area contributed by atoms with Crippen LogP contribution in [0.1, 0.15) is 11.1 Å². The summed E-state index contributed by atoms with van der Waals surface area (Å²) in [6.07, 6.45) is 4.87. The lowest BCUT2D eigenvalue weighted by molar-refractivity contribution is -0.111. The van der Waals surface area contributed by atoms with E-state index in [0.717, 1.165) is 16.9 Å². The highest BCUT2D eigenvalue weighted by atomic mass is 16.5. The molecule has 20 heavy (non-hydrogen) atoms. The maximum absolute atomic E-state index is 11.8. The van der Waals surface area contributed by atoms with E-state index in [0.29, 0.717) is 5.82 Å². The zero-order valence-corrected chi connectivity index (χ0v) is 11.5. The van der Waals surface area contributed by atoms with Crippen LogP contribution < -0.4 is 10.1 Å². The summed E-state index contributed by atoms with van der Waals surface area (Å²) < 4.78 is 5.08. The second kappa shape index (κ2) is 6.52. The van der Waals surface area contributed by atoms with Gasteiger partial charge in [0.25, 0.3) is 0 Å². The maximum Gasteiger partial charge on any atom is 0.249 e. The predicted molar refractivity (Wildman–Crippen MR) is 79.6 cm³/mol. The van der Waals surface area contributed by atoms with E-state index in [2.05, 4.69) is 10.3 Å². The van der Waals surface area contributed by atoms with Crippen LogP contribution in [0, 0.1) is 6.92 Å². The van der Waals surface area contributed by atoms with Crippen molar-refractivity contribution in [2.45, 2.75) is 6.92 Å². The molecule has 1 aromatic carbocycles. The van der Waals surface area contributed by atoms with Gasteiger partial charge in [0.05, 0.1) is 7.11 Å². The molecule has 0 saturated heterocycles. The van der Waals surface area contributed by atoms with E-state index in [-0.39, 0.29) is 5.91 Å². The zero-order valence-electron chi connectivity index (χ0n) is 11.5. The molecule has 2 rings (SSSR count). The monoisotopic (exact) mass is 268 g/mol. The van der Waals surface area contributed by atoms with Crippen LogP contribution in [0.4, 0.5) is 5.82 Å². The van der Waals surface area contributed by atoms with Crippen LogP contribution >= 0.6 is 0 Å². The Hall–Kier alpha value is -2.62. The maximum atomic E-state index is 11.8. The second-order valence-electron chi connectivity index (χ2n) is 4.26. The summed E-state index contributed by atoms with van der Waals surface area (Å²) in [6, 6.07) is 11.2. The third kappa shape index (κ3) is 3.68. The van der Waals surface area contributed by atoms with Crippen molar-refractivity contribution in [1.29, 1.82) is 0 Å². The van der Waals surface area contributed by atoms with Gasteiger partial charge in [0.15, 0.2) is 0 Å². The topological polar surface area (TPSA) is 51.2 Å². The fourth-order valence-electron chi connectivity index (χ4n) is 1.66. The number of nitrogens with zero attached hydrogens (tertiary/aromatic N) is 1. The van der Waals surface area contributed by atoms with Gasteiger partial charge in [-0.3, -0.25) is 4.79 Å². The van der Waals surface area contributed by atoms with Crippen LogP contribution in [0.2, 0.25) is 0 Å². The minimum atomic E-state index is -0.206. The van der Waals surface area contributed by atoms with Gasteiger partial charge in [-0.15, -0.1) is 0 Å². The van der Waals surface area contributed by atoms with Gasteiger partial charge in [-0.05, 0) is 42.3 Å². The average molecular weight is 268 g/mol. The van der Waals surface area contributed by atoms with Crippen LogP contribution in [0.15, 0.2) is 48.7 Å². The number of hydrogen-bond donors (Lipinski definition) is 1. The fraction of sp³-hybridized carbons (Fsp3) is 0.125. The Labute approximate surface area is 118 Å². The molecule has 0 radical (unpaired) electrons. The lowest BCUT2D eigenvalue weighted by Gasteiger charge is -2.04. The molecule has 0 aliphatic carbocycles. The van der Waals surface area contributed by atoms with E-state index < -0.39 is 0 Å². The Morgan fingerprint density at radius 1 is 1.25 bits per heavy atom. The van der Waals surface area contributed by atoms with Crippen LogP contribution in [0.3, 0.4) is 0 Å².